The Bertz CT molecular complexity index is 737. The monoisotopic (exact) mass is 414 g/mol. The summed E-state index contributed by atoms with van der Waals surface area (Å²) in [5.74, 6) is 0.151. The highest BCUT2D eigenvalue weighted by Crippen LogP contribution is 2.31. The number of nitrogens with one attached hydrogen (secondary N) is 2. The third-order valence-corrected chi connectivity index (χ3v) is 5.95. The van der Waals surface area contributed by atoms with Gasteiger partial charge in [0.25, 0.3) is 5.91 Å². The second kappa shape index (κ2) is 10.5. The maximum Gasteiger partial charge on any atom is 0.317 e. The summed E-state index contributed by atoms with van der Waals surface area (Å²) in [6.07, 6.45) is 3.28. The van der Waals surface area contributed by atoms with Crippen molar-refractivity contribution in [3.8, 4) is 0 Å². The minimum atomic E-state index is -0.182. The number of hydrogen-bond acceptors (Lipinski definition) is 3. The second-order valence-corrected chi connectivity index (χ2v) is 8.68. The summed E-state index contributed by atoms with van der Waals surface area (Å²) < 4.78 is 0. The summed E-state index contributed by atoms with van der Waals surface area (Å²) in [7, 11) is 0. The number of rotatable bonds is 3. The van der Waals surface area contributed by atoms with Gasteiger partial charge < -0.3 is 20.4 Å². The Hall–Kier alpha value is -2.57. The molecule has 1 aromatic rings. The van der Waals surface area contributed by atoms with Crippen LogP contribution in [0.3, 0.4) is 0 Å². The van der Waals surface area contributed by atoms with E-state index >= 15 is 0 Å². The highest BCUT2D eigenvalue weighted by molar-refractivity contribution is 5.95. The largest absolute Gasteiger partial charge is 0.354 e. The molecule has 1 heterocycles. The first kappa shape index (κ1) is 22.1. The third kappa shape index (κ3) is 5.52. The van der Waals surface area contributed by atoms with Crippen molar-refractivity contribution in [2.45, 2.75) is 45.6 Å². The van der Waals surface area contributed by atoms with Crippen LogP contribution in [0, 0.1) is 11.8 Å². The highest BCUT2D eigenvalue weighted by Gasteiger charge is 2.39. The Balaban J connectivity index is 1.76. The number of urea groups is 1. The van der Waals surface area contributed by atoms with Gasteiger partial charge in [-0.3, -0.25) is 9.59 Å². The molecular formula is C23H34N4O3. The quantitative estimate of drug-likeness (QED) is 0.797. The summed E-state index contributed by atoms with van der Waals surface area (Å²) in [6.45, 7) is 6.72. The zero-order chi connectivity index (χ0) is 21.5. The van der Waals surface area contributed by atoms with Crippen molar-refractivity contribution in [3.63, 3.8) is 0 Å². The lowest BCUT2D eigenvalue weighted by atomic mass is 9.99. The molecule has 0 unspecified atom stereocenters. The molecule has 0 bridgehead atoms. The summed E-state index contributed by atoms with van der Waals surface area (Å²) >= 11 is 0. The Kier molecular flexibility index (Phi) is 7.71. The molecular weight excluding hydrogens is 380 g/mol. The SMILES string of the molecule is CC(C)CNC(=O)N1CCCN(C(=O)c2ccccc2)[C@H]2CCC[C@H]2C(=O)NCC1. The Morgan fingerprint density at radius 2 is 1.87 bits per heavy atom. The van der Waals surface area contributed by atoms with Crippen LogP contribution in [-0.4, -0.2) is 66.4 Å². The van der Waals surface area contributed by atoms with Crippen molar-refractivity contribution in [2.75, 3.05) is 32.7 Å². The first-order valence-corrected chi connectivity index (χ1v) is 11.1. The zero-order valence-corrected chi connectivity index (χ0v) is 18.1. The zero-order valence-electron chi connectivity index (χ0n) is 18.1. The van der Waals surface area contributed by atoms with Crippen molar-refractivity contribution in [1.82, 2.24) is 20.4 Å². The Labute approximate surface area is 179 Å². The molecule has 2 atom stereocenters. The lowest BCUT2D eigenvalue weighted by Gasteiger charge is -2.33. The van der Waals surface area contributed by atoms with Crippen molar-refractivity contribution >= 4 is 17.8 Å². The van der Waals surface area contributed by atoms with E-state index in [1.165, 1.54) is 0 Å². The van der Waals surface area contributed by atoms with Gasteiger partial charge >= 0.3 is 6.03 Å². The van der Waals surface area contributed by atoms with Gasteiger partial charge in [-0.15, -0.1) is 0 Å². The summed E-state index contributed by atoms with van der Waals surface area (Å²) in [4.78, 5) is 42.4. The second-order valence-electron chi connectivity index (χ2n) is 8.68. The molecule has 1 aromatic carbocycles. The lowest BCUT2D eigenvalue weighted by Crippen LogP contribution is -2.47. The fourth-order valence-electron chi connectivity index (χ4n) is 4.38. The maximum atomic E-state index is 13.3. The van der Waals surface area contributed by atoms with E-state index < -0.39 is 0 Å². The first-order valence-electron chi connectivity index (χ1n) is 11.1. The number of fused-ring (bicyclic) bond motifs is 1. The minimum absolute atomic E-state index is 0.00667. The van der Waals surface area contributed by atoms with Crippen molar-refractivity contribution in [3.05, 3.63) is 35.9 Å². The predicted molar refractivity (Wildman–Crippen MR) is 116 cm³/mol. The van der Waals surface area contributed by atoms with Gasteiger partial charge in [0.15, 0.2) is 0 Å². The smallest absolute Gasteiger partial charge is 0.317 e. The Morgan fingerprint density at radius 3 is 2.60 bits per heavy atom. The molecule has 1 saturated carbocycles. The van der Waals surface area contributed by atoms with E-state index in [9.17, 15) is 14.4 Å². The van der Waals surface area contributed by atoms with E-state index in [0.29, 0.717) is 50.6 Å². The fraction of sp³-hybridized carbons (Fsp3) is 0.609. The number of amides is 4. The van der Waals surface area contributed by atoms with Gasteiger partial charge in [-0.05, 0) is 37.3 Å². The van der Waals surface area contributed by atoms with E-state index in [4.69, 9.17) is 0 Å². The van der Waals surface area contributed by atoms with Crippen LogP contribution in [0.15, 0.2) is 30.3 Å². The summed E-state index contributed by atoms with van der Waals surface area (Å²) in [6, 6.07) is 9.06. The van der Waals surface area contributed by atoms with Crippen LogP contribution in [0.25, 0.3) is 0 Å². The van der Waals surface area contributed by atoms with Gasteiger partial charge in [0.1, 0.15) is 0 Å². The van der Waals surface area contributed by atoms with Crippen LogP contribution < -0.4 is 10.6 Å². The lowest BCUT2D eigenvalue weighted by molar-refractivity contribution is -0.126. The van der Waals surface area contributed by atoms with Crippen LogP contribution in [-0.2, 0) is 4.79 Å². The van der Waals surface area contributed by atoms with E-state index in [-0.39, 0.29) is 29.8 Å². The molecule has 0 aromatic heterocycles. The molecule has 4 amide bonds. The number of nitrogens with zero attached hydrogens (tertiary/aromatic N) is 2. The van der Waals surface area contributed by atoms with E-state index in [0.717, 1.165) is 19.3 Å². The molecule has 2 N–H and O–H groups in total. The van der Waals surface area contributed by atoms with Gasteiger partial charge in [-0.25, -0.2) is 4.79 Å². The van der Waals surface area contributed by atoms with Crippen molar-refractivity contribution < 1.29 is 14.4 Å². The maximum absolute atomic E-state index is 13.3. The molecule has 7 nitrogen and oxygen atoms in total. The van der Waals surface area contributed by atoms with Gasteiger partial charge in [-0.2, -0.15) is 0 Å². The van der Waals surface area contributed by atoms with Crippen LogP contribution in [0.2, 0.25) is 0 Å². The van der Waals surface area contributed by atoms with E-state index in [2.05, 4.69) is 24.5 Å². The Morgan fingerprint density at radius 1 is 1.10 bits per heavy atom. The predicted octanol–water partition coefficient (Wildman–Crippen LogP) is 2.49. The summed E-state index contributed by atoms with van der Waals surface area (Å²) in [5, 5.41) is 5.96. The molecule has 7 heteroatoms. The number of benzene rings is 1. The average Bonchev–Trinajstić information content (AvgIpc) is 3.22. The van der Waals surface area contributed by atoms with Crippen LogP contribution >= 0.6 is 0 Å². The van der Waals surface area contributed by atoms with Crippen LogP contribution in [0.5, 0.6) is 0 Å². The third-order valence-electron chi connectivity index (χ3n) is 5.95. The molecule has 0 radical (unpaired) electrons. The van der Waals surface area contributed by atoms with Crippen molar-refractivity contribution in [1.29, 1.82) is 0 Å². The van der Waals surface area contributed by atoms with Gasteiger partial charge in [0.05, 0.1) is 5.92 Å². The summed E-state index contributed by atoms with van der Waals surface area (Å²) in [5.41, 5.74) is 0.643. The molecule has 1 aliphatic carbocycles. The van der Waals surface area contributed by atoms with Crippen LogP contribution in [0.4, 0.5) is 4.79 Å². The molecule has 2 aliphatic rings. The first-order chi connectivity index (χ1) is 14.5. The molecule has 2 fully saturated rings. The number of carbonyl (C=O) groups is 3. The molecule has 3 rings (SSSR count). The average molecular weight is 415 g/mol. The minimum Gasteiger partial charge on any atom is -0.354 e. The topological polar surface area (TPSA) is 81.8 Å². The number of hydrogen-bond donors (Lipinski definition) is 2. The normalized spacial score (nSPS) is 22.8. The molecule has 1 aliphatic heterocycles. The molecule has 30 heavy (non-hydrogen) atoms. The van der Waals surface area contributed by atoms with Gasteiger partial charge in [0.2, 0.25) is 5.91 Å². The molecule has 0 spiro atoms. The van der Waals surface area contributed by atoms with Crippen LogP contribution in [0.1, 0.15) is 49.9 Å². The number of carbonyl (C=O) groups excluding carboxylic acids is 3. The van der Waals surface area contributed by atoms with E-state index in [1.807, 2.05) is 35.2 Å². The van der Waals surface area contributed by atoms with Gasteiger partial charge in [0, 0.05) is 44.3 Å². The highest BCUT2D eigenvalue weighted by atomic mass is 16.2. The van der Waals surface area contributed by atoms with Crippen molar-refractivity contribution in [2.24, 2.45) is 11.8 Å². The molecule has 164 valence electrons. The molecule has 1 saturated heterocycles. The van der Waals surface area contributed by atoms with Gasteiger partial charge in [-0.1, -0.05) is 38.5 Å². The fourth-order valence-corrected chi connectivity index (χ4v) is 4.38. The standard InChI is InChI=1S/C23H34N4O3/c1-17(2)16-25-23(30)26-13-7-14-27(22(29)18-8-4-3-5-9-18)20-11-6-10-19(20)21(28)24-12-15-26/h3-5,8-9,17,19-20H,6-7,10-16H2,1-2H3,(H,24,28)(H,25,30)/t19-,20+/m1/s1. The van der Waals surface area contributed by atoms with E-state index in [1.54, 1.807) is 4.90 Å².